The lowest BCUT2D eigenvalue weighted by atomic mass is 10.1. The number of amides is 1. The second-order valence-electron chi connectivity index (χ2n) is 8.66. The van der Waals surface area contributed by atoms with Gasteiger partial charge in [-0.3, -0.25) is 14.5 Å². The second-order valence-corrected chi connectivity index (χ2v) is 12.5. The summed E-state index contributed by atoms with van der Waals surface area (Å²) in [5.74, 6) is -1.15. The summed E-state index contributed by atoms with van der Waals surface area (Å²) in [6, 6.07) is 4.80. The summed E-state index contributed by atoms with van der Waals surface area (Å²) in [7, 11) is -6.91. The molecular weight excluding hydrogens is 470 g/mol. The molecule has 180 valence electrons. The number of ether oxygens (including phenoxy) is 1. The summed E-state index contributed by atoms with van der Waals surface area (Å²) < 4.78 is 55.8. The van der Waals surface area contributed by atoms with Gasteiger partial charge in [-0.1, -0.05) is 25.0 Å². The van der Waals surface area contributed by atoms with E-state index in [9.17, 15) is 26.4 Å². The number of hydrogen-bond acceptors (Lipinski definition) is 8. The molecule has 2 atom stereocenters. The zero-order valence-corrected chi connectivity index (χ0v) is 19.9. The number of carbonyl (C=O) groups is 2. The highest BCUT2D eigenvalue weighted by atomic mass is 32.2. The van der Waals surface area contributed by atoms with Crippen LogP contribution in [0.1, 0.15) is 44.6 Å². The van der Waals surface area contributed by atoms with E-state index in [4.69, 9.17) is 4.74 Å². The zero-order chi connectivity index (χ0) is 23.8. The molecule has 1 saturated heterocycles. The van der Waals surface area contributed by atoms with Gasteiger partial charge in [-0.2, -0.15) is 0 Å². The normalized spacial score (nSPS) is 25.4. The van der Waals surface area contributed by atoms with Gasteiger partial charge < -0.3 is 9.64 Å². The lowest BCUT2D eigenvalue weighted by molar-refractivity contribution is -0.154. The van der Waals surface area contributed by atoms with E-state index in [-0.39, 0.29) is 28.3 Å². The third-order valence-corrected chi connectivity index (χ3v) is 9.42. The molecule has 0 radical (unpaired) electrons. The van der Waals surface area contributed by atoms with Crippen LogP contribution >= 0.6 is 0 Å². The van der Waals surface area contributed by atoms with Crippen molar-refractivity contribution in [2.45, 2.75) is 62.0 Å². The molecule has 1 aromatic carbocycles. The summed E-state index contributed by atoms with van der Waals surface area (Å²) in [6.45, 7) is 0.941. The Balaban J connectivity index is 1.42. The van der Waals surface area contributed by atoms with Crippen LogP contribution in [0, 0.1) is 0 Å². The van der Waals surface area contributed by atoms with Gasteiger partial charge >= 0.3 is 5.97 Å². The number of benzene rings is 1. The van der Waals surface area contributed by atoms with Crippen molar-refractivity contribution in [3.8, 4) is 0 Å². The number of rotatable bonds is 6. The molecule has 1 aromatic rings. The van der Waals surface area contributed by atoms with Gasteiger partial charge in [-0.05, 0) is 38.3 Å². The van der Waals surface area contributed by atoms with Gasteiger partial charge in [0.1, 0.15) is 11.9 Å². The van der Waals surface area contributed by atoms with E-state index in [2.05, 4.69) is 9.71 Å². The Kier molecular flexibility index (Phi) is 6.50. The Morgan fingerprint density at radius 3 is 2.48 bits per heavy atom. The van der Waals surface area contributed by atoms with Gasteiger partial charge in [0.25, 0.3) is 15.9 Å². The number of nitrogens with zero attached hydrogens (tertiary/aromatic N) is 2. The van der Waals surface area contributed by atoms with Crippen LogP contribution in [0.4, 0.5) is 0 Å². The van der Waals surface area contributed by atoms with Crippen molar-refractivity contribution in [3.63, 3.8) is 0 Å². The molecule has 10 nitrogen and oxygen atoms in total. The zero-order valence-electron chi connectivity index (χ0n) is 18.3. The predicted octanol–water partition coefficient (Wildman–Crippen LogP) is 0.615. The largest absolute Gasteiger partial charge is 0.454 e. The molecule has 2 aliphatic heterocycles. The first-order valence-corrected chi connectivity index (χ1v) is 14.3. The van der Waals surface area contributed by atoms with Crippen LogP contribution in [-0.4, -0.2) is 75.7 Å². The highest BCUT2D eigenvalue weighted by Gasteiger charge is 2.39. The molecule has 4 rings (SSSR count). The Labute approximate surface area is 193 Å². The lowest BCUT2D eigenvalue weighted by Crippen LogP contribution is -2.48. The van der Waals surface area contributed by atoms with Gasteiger partial charge in [-0.25, -0.2) is 21.6 Å². The van der Waals surface area contributed by atoms with Crippen LogP contribution in [0.5, 0.6) is 0 Å². The topological polar surface area (TPSA) is 139 Å². The minimum atomic E-state index is -3.73. The molecule has 1 N–H and O–H groups in total. The van der Waals surface area contributed by atoms with E-state index in [0.717, 1.165) is 25.7 Å². The summed E-state index contributed by atoms with van der Waals surface area (Å²) in [4.78, 5) is 31.3. The molecule has 0 aromatic heterocycles. The molecule has 12 heteroatoms. The Morgan fingerprint density at radius 1 is 1.12 bits per heavy atom. The van der Waals surface area contributed by atoms with E-state index in [1.54, 1.807) is 23.1 Å². The maximum Gasteiger partial charge on any atom is 0.331 e. The van der Waals surface area contributed by atoms with Gasteiger partial charge in [0.15, 0.2) is 16.4 Å². The van der Waals surface area contributed by atoms with Crippen molar-refractivity contribution in [2.75, 3.05) is 18.1 Å². The van der Waals surface area contributed by atoms with Gasteiger partial charge in [0, 0.05) is 17.6 Å². The Hall–Kier alpha value is -2.47. The summed E-state index contributed by atoms with van der Waals surface area (Å²) in [5.41, 5.74) is 0.364. The Morgan fingerprint density at radius 2 is 1.82 bits per heavy atom. The average Bonchev–Trinajstić information content (AvgIpc) is 3.46. The number of sulfonamides is 1. The highest BCUT2D eigenvalue weighted by molar-refractivity contribution is 7.91. The highest BCUT2D eigenvalue weighted by Crippen LogP contribution is 2.29. The van der Waals surface area contributed by atoms with Crippen LogP contribution < -0.4 is 4.72 Å². The number of aliphatic imine (C=N–C) groups is 1. The third kappa shape index (κ3) is 5.06. The minimum absolute atomic E-state index is 0.0448. The number of hydrogen-bond donors (Lipinski definition) is 1. The van der Waals surface area contributed by atoms with Crippen LogP contribution in [-0.2, 0) is 34.2 Å². The molecule has 1 amide bonds. The van der Waals surface area contributed by atoms with E-state index < -0.39 is 50.4 Å². The first kappa shape index (κ1) is 23.7. The van der Waals surface area contributed by atoms with Crippen LogP contribution in [0.15, 0.2) is 34.2 Å². The first-order chi connectivity index (χ1) is 15.6. The number of carbonyl (C=O) groups excluding carboxylic acids is 2. The maximum absolute atomic E-state index is 13.0. The molecule has 2 fully saturated rings. The average molecular weight is 498 g/mol. The number of amidine groups is 1. The van der Waals surface area contributed by atoms with Crippen LogP contribution in [0.3, 0.4) is 0 Å². The van der Waals surface area contributed by atoms with Gasteiger partial charge in [0.2, 0.25) is 0 Å². The monoisotopic (exact) mass is 497 g/mol. The summed E-state index contributed by atoms with van der Waals surface area (Å²) in [6.07, 6.45) is 3.95. The molecule has 2 heterocycles. The van der Waals surface area contributed by atoms with E-state index in [1.165, 1.54) is 13.0 Å². The molecule has 1 unspecified atom stereocenters. The maximum atomic E-state index is 13.0. The molecule has 1 aliphatic carbocycles. The number of sulfone groups is 1. The van der Waals surface area contributed by atoms with Crippen molar-refractivity contribution < 1.29 is 31.2 Å². The molecule has 33 heavy (non-hydrogen) atoms. The smallest absolute Gasteiger partial charge is 0.331 e. The standard InChI is InChI=1S/C21H27N3O7S2/c1-14(22-20-17-8-4-5-9-18(17)33(29,30)23-20)21(26)31-12-19(25)24(15-6-2-3-7-15)16-10-11-32(27,28)13-16/h4-5,8-9,14-16H,2-3,6-7,10-13H2,1H3,(H,22,23)/t14-,16?/m0/s1. The number of fused-ring (bicyclic) bond motifs is 1. The molecule has 1 saturated carbocycles. The number of esters is 1. The fourth-order valence-corrected chi connectivity index (χ4v) is 7.64. The fraction of sp³-hybridized carbons (Fsp3) is 0.571. The van der Waals surface area contributed by atoms with Crippen molar-refractivity contribution in [3.05, 3.63) is 29.8 Å². The summed E-state index contributed by atoms with van der Waals surface area (Å²) >= 11 is 0. The summed E-state index contributed by atoms with van der Waals surface area (Å²) in [5, 5.41) is 0. The van der Waals surface area contributed by atoms with Crippen molar-refractivity contribution >= 4 is 37.6 Å². The predicted molar refractivity (Wildman–Crippen MR) is 120 cm³/mol. The minimum Gasteiger partial charge on any atom is -0.454 e. The van der Waals surface area contributed by atoms with Crippen molar-refractivity contribution in [2.24, 2.45) is 4.99 Å². The van der Waals surface area contributed by atoms with Crippen LogP contribution in [0.2, 0.25) is 0 Å². The molecule has 3 aliphatic rings. The number of nitrogens with one attached hydrogen (secondary N) is 1. The molecule has 0 bridgehead atoms. The quantitative estimate of drug-likeness (QED) is 0.568. The van der Waals surface area contributed by atoms with E-state index >= 15 is 0 Å². The second kappa shape index (κ2) is 9.05. The van der Waals surface area contributed by atoms with Crippen molar-refractivity contribution in [1.82, 2.24) is 9.62 Å². The van der Waals surface area contributed by atoms with E-state index in [0.29, 0.717) is 12.0 Å². The van der Waals surface area contributed by atoms with Crippen LogP contribution in [0.25, 0.3) is 0 Å². The fourth-order valence-electron chi connectivity index (χ4n) is 4.69. The first-order valence-electron chi connectivity index (χ1n) is 11.0. The van der Waals surface area contributed by atoms with Crippen molar-refractivity contribution in [1.29, 1.82) is 0 Å². The Bertz CT molecular complexity index is 1190. The lowest BCUT2D eigenvalue weighted by Gasteiger charge is -2.33. The van der Waals surface area contributed by atoms with E-state index in [1.807, 2.05) is 0 Å². The third-order valence-electron chi connectivity index (χ3n) is 6.27. The van der Waals surface area contributed by atoms with Gasteiger partial charge in [0.05, 0.1) is 16.4 Å². The SMILES string of the molecule is C[C@H](N=C1NS(=O)(=O)c2ccccc21)C(=O)OCC(=O)N(C1CCCC1)C1CCS(=O)(=O)C1. The molecular formula is C21H27N3O7S2. The van der Waals surface area contributed by atoms with Gasteiger partial charge in [-0.15, -0.1) is 0 Å². The molecule has 0 spiro atoms.